The number of hydrogen-bond donors (Lipinski definition) is 1. The summed E-state index contributed by atoms with van der Waals surface area (Å²) in [5.41, 5.74) is 2.99. The van der Waals surface area contributed by atoms with Crippen LogP contribution in [0.3, 0.4) is 0 Å². The number of hydrogen-bond acceptors (Lipinski definition) is 5. The van der Waals surface area contributed by atoms with Gasteiger partial charge in [-0.2, -0.15) is 4.98 Å². The number of aromatic nitrogens is 3. The molecule has 0 spiro atoms. The van der Waals surface area contributed by atoms with E-state index in [2.05, 4.69) is 47.3 Å². The fraction of sp³-hybridized carbons (Fsp3) is 0.562. The van der Waals surface area contributed by atoms with Gasteiger partial charge in [-0.05, 0) is 44.9 Å². The molecule has 0 aliphatic heterocycles. The molecule has 2 aromatic rings. The number of aryl methyl sites for hydroxylation is 2. The van der Waals surface area contributed by atoms with Crippen LogP contribution in [0.25, 0.3) is 11.5 Å². The second-order valence-corrected chi connectivity index (χ2v) is 5.50. The average molecular weight is 288 g/mol. The lowest BCUT2D eigenvalue weighted by Gasteiger charge is -2.19. The quantitative estimate of drug-likeness (QED) is 0.884. The summed E-state index contributed by atoms with van der Waals surface area (Å²) in [6.07, 6.45) is 2.78. The Labute approximate surface area is 126 Å². The first-order valence-corrected chi connectivity index (χ1v) is 7.57. The first kappa shape index (κ1) is 15.6. The molecular weight excluding hydrogens is 264 g/mol. The van der Waals surface area contributed by atoms with Gasteiger partial charge >= 0.3 is 0 Å². The van der Waals surface area contributed by atoms with E-state index in [4.69, 9.17) is 4.52 Å². The van der Waals surface area contributed by atoms with E-state index in [1.54, 1.807) is 0 Å². The molecule has 114 valence electrons. The SMILES string of the molecule is CCNC(C)C(CC)c1nc(-c2ncc(C)cc2C)no1. The van der Waals surface area contributed by atoms with Crippen LogP contribution in [0.15, 0.2) is 16.8 Å². The Balaban J connectivity index is 2.28. The third kappa shape index (κ3) is 3.47. The molecule has 0 aliphatic carbocycles. The largest absolute Gasteiger partial charge is 0.339 e. The zero-order chi connectivity index (χ0) is 15.4. The molecule has 1 N–H and O–H groups in total. The van der Waals surface area contributed by atoms with Crippen LogP contribution in [0.2, 0.25) is 0 Å². The zero-order valence-electron chi connectivity index (χ0n) is 13.5. The summed E-state index contributed by atoms with van der Waals surface area (Å²) in [6, 6.07) is 2.39. The topological polar surface area (TPSA) is 63.8 Å². The Kier molecular flexibility index (Phi) is 5.07. The maximum atomic E-state index is 5.48. The van der Waals surface area contributed by atoms with Crippen molar-refractivity contribution < 1.29 is 4.52 Å². The molecule has 0 saturated heterocycles. The number of nitrogens with one attached hydrogen (secondary N) is 1. The number of nitrogens with zero attached hydrogens (tertiary/aromatic N) is 3. The first-order valence-electron chi connectivity index (χ1n) is 7.57. The summed E-state index contributed by atoms with van der Waals surface area (Å²) < 4.78 is 5.48. The Morgan fingerprint density at radius 2 is 2.05 bits per heavy atom. The third-order valence-electron chi connectivity index (χ3n) is 3.76. The number of rotatable bonds is 6. The highest BCUT2D eigenvalue weighted by Gasteiger charge is 2.24. The van der Waals surface area contributed by atoms with Crippen molar-refractivity contribution in [1.82, 2.24) is 20.4 Å². The van der Waals surface area contributed by atoms with E-state index >= 15 is 0 Å². The standard InChI is InChI=1S/C16H24N4O/c1-6-13(12(5)17-7-2)16-19-15(20-21-16)14-11(4)8-10(3)9-18-14/h8-9,12-13,17H,6-7H2,1-5H3. The smallest absolute Gasteiger partial charge is 0.231 e. The molecule has 0 amide bonds. The number of pyridine rings is 1. The van der Waals surface area contributed by atoms with E-state index in [9.17, 15) is 0 Å². The molecule has 2 aromatic heterocycles. The van der Waals surface area contributed by atoms with Crippen LogP contribution >= 0.6 is 0 Å². The van der Waals surface area contributed by atoms with Gasteiger partial charge < -0.3 is 9.84 Å². The molecule has 2 atom stereocenters. The van der Waals surface area contributed by atoms with E-state index in [0.29, 0.717) is 17.8 Å². The fourth-order valence-corrected chi connectivity index (χ4v) is 2.64. The van der Waals surface area contributed by atoms with Crippen LogP contribution < -0.4 is 5.32 Å². The summed E-state index contributed by atoms with van der Waals surface area (Å²) in [6.45, 7) is 11.4. The van der Waals surface area contributed by atoms with Crippen molar-refractivity contribution >= 4 is 0 Å². The summed E-state index contributed by atoms with van der Waals surface area (Å²) in [7, 11) is 0. The molecule has 2 heterocycles. The van der Waals surface area contributed by atoms with Crippen molar-refractivity contribution in [2.75, 3.05) is 6.54 Å². The minimum Gasteiger partial charge on any atom is -0.339 e. The lowest BCUT2D eigenvalue weighted by molar-refractivity contribution is 0.318. The predicted octanol–water partition coefficient (Wildman–Crippen LogP) is 3.24. The molecule has 0 bridgehead atoms. The van der Waals surface area contributed by atoms with Gasteiger partial charge in [0.15, 0.2) is 0 Å². The summed E-state index contributed by atoms with van der Waals surface area (Å²) in [5, 5.41) is 7.53. The van der Waals surface area contributed by atoms with Gasteiger partial charge in [-0.15, -0.1) is 0 Å². The molecule has 0 aromatic carbocycles. The van der Waals surface area contributed by atoms with Crippen LogP contribution in [-0.4, -0.2) is 27.7 Å². The van der Waals surface area contributed by atoms with E-state index in [0.717, 1.165) is 29.8 Å². The molecule has 2 unspecified atom stereocenters. The van der Waals surface area contributed by atoms with Crippen molar-refractivity contribution in [3.8, 4) is 11.5 Å². The van der Waals surface area contributed by atoms with Crippen LogP contribution in [-0.2, 0) is 0 Å². The Morgan fingerprint density at radius 3 is 2.67 bits per heavy atom. The summed E-state index contributed by atoms with van der Waals surface area (Å²) >= 11 is 0. The predicted molar refractivity (Wildman–Crippen MR) is 83.2 cm³/mol. The lowest BCUT2D eigenvalue weighted by Crippen LogP contribution is -2.31. The number of likely N-dealkylation sites (N-methyl/N-ethyl adjacent to an activating group) is 1. The normalized spacial score (nSPS) is 14.1. The summed E-state index contributed by atoms with van der Waals surface area (Å²) in [5.74, 6) is 1.48. The van der Waals surface area contributed by atoms with Gasteiger partial charge in [0.05, 0.1) is 5.92 Å². The van der Waals surface area contributed by atoms with E-state index in [-0.39, 0.29) is 5.92 Å². The summed E-state index contributed by atoms with van der Waals surface area (Å²) in [4.78, 5) is 8.99. The molecular formula is C16H24N4O. The zero-order valence-corrected chi connectivity index (χ0v) is 13.5. The minimum atomic E-state index is 0.219. The Bertz CT molecular complexity index is 594. The van der Waals surface area contributed by atoms with Gasteiger partial charge in [-0.25, -0.2) is 0 Å². The average Bonchev–Trinajstić information content (AvgIpc) is 2.89. The Morgan fingerprint density at radius 1 is 1.29 bits per heavy atom. The van der Waals surface area contributed by atoms with Crippen molar-refractivity contribution in [3.63, 3.8) is 0 Å². The van der Waals surface area contributed by atoms with Crippen molar-refractivity contribution in [1.29, 1.82) is 0 Å². The third-order valence-corrected chi connectivity index (χ3v) is 3.76. The maximum Gasteiger partial charge on any atom is 0.231 e. The lowest BCUT2D eigenvalue weighted by atomic mass is 9.98. The minimum absolute atomic E-state index is 0.219. The van der Waals surface area contributed by atoms with E-state index < -0.39 is 0 Å². The second kappa shape index (κ2) is 6.80. The fourth-order valence-electron chi connectivity index (χ4n) is 2.64. The molecule has 0 radical (unpaired) electrons. The van der Waals surface area contributed by atoms with Gasteiger partial charge in [-0.3, -0.25) is 4.98 Å². The van der Waals surface area contributed by atoms with Gasteiger partial charge in [-0.1, -0.05) is 25.1 Å². The van der Waals surface area contributed by atoms with Crippen LogP contribution in [0, 0.1) is 13.8 Å². The maximum absolute atomic E-state index is 5.48. The van der Waals surface area contributed by atoms with Gasteiger partial charge in [0.2, 0.25) is 11.7 Å². The highest BCUT2D eigenvalue weighted by Crippen LogP contribution is 2.25. The van der Waals surface area contributed by atoms with Crippen LogP contribution in [0.4, 0.5) is 0 Å². The molecule has 2 rings (SSSR count). The molecule has 21 heavy (non-hydrogen) atoms. The Hall–Kier alpha value is -1.75. The van der Waals surface area contributed by atoms with Gasteiger partial charge in [0.25, 0.3) is 0 Å². The van der Waals surface area contributed by atoms with Gasteiger partial charge in [0.1, 0.15) is 5.69 Å². The monoisotopic (exact) mass is 288 g/mol. The van der Waals surface area contributed by atoms with Crippen molar-refractivity contribution in [2.45, 2.75) is 53.0 Å². The first-order chi connectivity index (χ1) is 10.1. The van der Waals surface area contributed by atoms with Crippen LogP contribution in [0.1, 0.15) is 50.1 Å². The molecule has 5 heteroatoms. The van der Waals surface area contributed by atoms with E-state index in [1.807, 2.05) is 20.0 Å². The molecule has 5 nitrogen and oxygen atoms in total. The van der Waals surface area contributed by atoms with Crippen LogP contribution in [0.5, 0.6) is 0 Å². The molecule has 0 saturated carbocycles. The second-order valence-electron chi connectivity index (χ2n) is 5.50. The molecule has 0 fully saturated rings. The highest BCUT2D eigenvalue weighted by molar-refractivity contribution is 5.54. The van der Waals surface area contributed by atoms with Gasteiger partial charge in [0, 0.05) is 12.2 Å². The van der Waals surface area contributed by atoms with Crippen molar-refractivity contribution in [2.24, 2.45) is 0 Å². The van der Waals surface area contributed by atoms with E-state index in [1.165, 1.54) is 0 Å². The highest BCUT2D eigenvalue weighted by atomic mass is 16.5. The van der Waals surface area contributed by atoms with Crippen molar-refractivity contribution in [3.05, 3.63) is 29.3 Å². The molecule has 0 aliphatic rings.